The predicted molar refractivity (Wildman–Crippen MR) is 104 cm³/mol. The molecule has 0 N–H and O–H groups in total. The fourth-order valence-electron chi connectivity index (χ4n) is 2.68. The number of unbranched alkanes of at least 4 members (excludes halogenated alkanes) is 13. The number of ether oxygens (including phenoxy) is 1. The van der Waals surface area contributed by atoms with Gasteiger partial charge < -0.3 is 4.74 Å². The van der Waals surface area contributed by atoms with E-state index in [0.717, 1.165) is 25.7 Å². The normalized spacial score (nSPS) is 10.0. The molecule has 0 fully saturated rings. The first-order valence-corrected chi connectivity index (χ1v) is 9.94. The van der Waals surface area contributed by atoms with Gasteiger partial charge in [0.15, 0.2) is 0 Å². The molecule has 0 spiro atoms. The number of carbonyl (C=O) groups excluding carboxylic acids is 1. The highest BCUT2D eigenvalue weighted by Crippen LogP contribution is 2.12. The Morgan fingerprint density at radius 2 is 1.25 bits per heavy atom. The molecular weight excluding hydrogens is 296 g/mol. The quantitative estimate of drug-likeness (QED) is 0.138. The highest BCUT2D eigenvalue weighted by Gasteiger charge is 1.97. The van der Waals surface area contributed by atoms with Crippen LogP contribution in [0.5, 0.6) is 0 Å². The summed E-state index contributed by atoms with van der Waals surface area (Å²) in [5.41, 5.74) is 0. The van der Waals surface area contributed by atoms with Gasteiger partial charge in [0.25, 0.3) is 0 Å². The lowest BCUT2D eigenvalue weighted by Crippen LogP contribution is -1.98. The van der Waals surface area contributed by atoms with Crippen LogP contribution in [0.1, 0.15) is 103 Å². The molecule has 0 aromatic carbocycles. The second-order valence-corrected chi connectivity index (χ2v) is 6.50. The molecule has 0 saturated heterocycles. The average molecular weight is 335 g/mol. The van der Waals surface area contributed by atoms with Gasteiger partial charge in [-0.1, -0.05) is 57.4 Å². The summed E-state index contributed by atoms with van der Waals surface area (Å²) in [6, 6.07) is 0. The fraction of sp³-hybridized carbons (Fsp3) is 0.773. The van der Waals surface area contributed by atoms with E-state index in [4.69, 9.17) is 0 Å². The van der Waals surface area contributed by atoms with Crippen molar-refractivity contribution in [1.82, 2.24) is 0 Å². The summed E-state index contributed by atoms with van der Waals surface area (Å²) in [4.78, 5) is 10.9. The molecular formula is C22H38O2. The summed E-state index contributed by atoms with van der Waals surface area (Å²) in [6.45, 7) is 3.76. The number of esters is 1. The highest BCUT2D eigenvalue weighted by atomic mass is 16.5. The average Bonchev–Trinajstić information content (AvgIpc) is 2.60. The van der Waals surface area contributed by atoms with E-state index in [1.807, 2.05) is 6.08 Å². The minimum absolute atomic E-state index is 0.115. The van der Waals surface area contributed by atoms with E-state index in [1.54, 1.807) is 0 Å². The van der Waals surface area contributed by atoms with Gasteiger partial charge in [0.1, 0.15) is 0 Å². The van der Waals surface area contributed by atoms with Crippen molar-refractivity contribution in [1.29, 1.82) is 0 Å². The van der Waals surface area contributed by atoms with E-state index in [2.05, 4.69) is 23.2 Å². The fourth-order valence-corrected chi connectivity index (χ4v) is 2.68. The van der Waals surface area contributed by atoms with Crippen molar-refractivity contribution in [3.05, 3.63) is 12.7 Å². The second kappa shape index (κ2) is 19.8. The SMILES string of the molecule is C=CCCCCCCCCCCCCC#CCCCCC(=O)OC. The first-order chi connectivity index (χ1) is 11.8. The van der Waals surface area contributed by atoms with Crippen LogP contribution < -0.4 is 0 Å². The van der Waals surface area contributed by atoms with E-state index < -0.39 is 0 Å². The summed E-state index contributed by atoms with van der Waals surface area (Å²) in [5, 5.41) is 0. The van der Waals surface area contributed by atoms with Crippen LogP contribution in [0, 0.1) is 11.8 Å². The molecule has 0 aliphatic carbocycles. The predicted octanol–water partition coefficient (Wildman–Crippen LogP) is 6.59. The van der Waals surface area contributed by atoms with Gasteiger partial charge in [-0.15, -0.1) is 18.4 Å². The highest BCUT2D eigenvalue weighted by molar-refractivity contribution is 5.68. The lowest BCUT2D eigenvalue weighted by atomic mass is 10.1. The lowest BCUT2D eigenvalue weighted by Gasteiger charge is -2.01. The first kappa shape index (κ1) is 22.8. The molecule has 0 radical (unpaired) electrons. The van der Waals surface area contributed by atoms with Crippen LogP contribution in [0.2, 0.25) is 0 Å². The summed E-state index contributed by atoms with van der Waals surface area (Å²) in [7, 11) is 1.44. The Morgan fingerprint density at radius 3 is 1.75 bits per heavy atom. The number of allylic oxidation sites excluding steroid dienone is 1. The molecule has 0 atom stereocenters. The maximum Gasteiger partial charge on any atom is 0.305 e. The number of methoxy groups -OCH3 is 1. The minimum Gasteiger partial charge on any atom is -0.469 e. The third kappa shape index (κ3) is 18.8. The standard InChI is InChI=1S/C22H38O2/c1-3-4-5-6-7-8-9-10-11-12-13-14-15-16-17-18-19-20-21-22(23)24-2/h3H,1,4-15,18-21H2,2H3. The summed E-state index contributed by atoms with van der Waals surface area (Å²) >= 11 is 0. The smallest absolute Gasteiger partial charge is 0.305 e. The zero-order valence-corrected chi connectivity index (χ0v) is 15.9. The summed E-state index contributed by atoms with van der Waals surface area (Å²) in [6.07, 6.45) is 21.1. The van der Waals surface area contributed by atoms with E-state index in [-0.39, 0.29) is 5.97 Å². The molecule has 0 amide bonds. The van der Waals surface area contributed by atoms with Gasteiger partial charge in [0.05, 0.1) is 7.11 Å². The third-order valence-electron chi connectivity index (χ3n) is 4.25. The van der Waals surface area contributed by atoms with E-state index in [0.29, 0.717) is 6.42 Å². The largest absolute Gasteiger partial charge is 0.469 e. The molecule has 0 rings (SSSR count). The van der Waals surface area contributed by atoms with Crippen molar-refractivity contribution in [2.45, 2.75) is 103 Å². The molecule has 24 heavy (non-hydrogen) atoms. The Hall–Kier alpha value is -1.23. The van der Waals surface area contributed by atoms with Gasteiger partial charge >= 0.3 is 5.97 Å². The summed E-state index contributed by atoms with van der Waals surface area (Å²) in [5.74, 6) is 6.34. The van der Waals surface area contributed by atoms with Crippen LogP contribution in [0.25, 0.3) is 0 Å². The molecule has 138 valence electrons. The van der Waals surface area contributed by atoms with E-state index in [9.17, 15) is 4.79 Å². The number of carbonyl (C=O) groups is 1. The molecule has 0 aromatic rings. The van der Waals surface area contributed by atoms with Crippen molar-refractivity contribution in [3.63, 3.8) is 0 Å². The molecule has 0 aliphatic rings. The third-order valence-corrected chi connectivity index (χ3v) is 4.25. The molecule has 2 heteroatoms. The van der Waals surface area contributed by atoms with Crippen LogP contribution in [0.4, 0.5) is 0 Å². The molecule has 0 aliphatic heterocycles. The van der Waals surface area contributed by atoms with Gasteiger partial charge in [-0.3, -0.25) is 4.79 Å². The topological polar surface area (TPSA) is 26.3 Å². The molecule has 0 heterocycles. The first-order valence-electron chi connectivity index (χ1n) is 9.94. The summed E-state index contributed by atoms with van der Waals surface area (Å²) < 4.78 is 4.61. The van der Waals surface area contributed by atoms with Crippen molar-refractivity contribution < 1.29 is 9.53 Å². The maximum absolute atomic E-state index is 10.9. The number of hydrogen-bond donors (Lipinski definition) is 0. The van der Waals surface area contributed by atoms with Crippen molar-refractivity contribution in [3.8, 4) is 11.8 Å². The zero-order valence-electron chi connectivity index (χ0n) is 15.9. The Kier molecular flexibility index (Phi) is 18.8. The van der Waals surface area contributed by atoms with Crippen molar-refractivity contribution in [2.75, 3.05) is 7.11 Å². The van der Waals surface area contributed by atoms with Crippen LogP contribution in [0.3, 0.4) is 0 Å². The Morgan fingerprint density at radius 1 is 0.792 bits per heavy atom. The monoisotopic (exact) mass is 334 g/mol. The van der Waals surface area contributed by atoms with Crippen LogP contribution in [-0.4, -0.2) is 13.1 Å². The van der Waals surface area contributed by atoms with Gasteiger partial charge in [-0.25, -0.2) is 0 Å². The molecule has 0 unspecified atom stereocenters. The Labute approximate surface area is 150 Å². The Balaban J connectivity index is 3.13. The van der Waals surface area contributed by atoms with Crippen molar-refractivity contribution >= 4 is 5.97 Å². The van der Waals surface area contributed by atoms with Crippen LogP contribution in [0.15, 0.2) is 12.7 Å². The maximum atomic E-state index is 10.9. The molecule has 0 aromatic heterocycles. The lowest BCUT2D eigenvalue weighted by molar-refractivity contribution is -0.140. The Bertz CT molecular complexity index is 349. The minimum atomic E-state index is -0.115. The van der Waals surface area contributed by atoms with Crippen molar-refractivity contribution in [2.24, 2.45) is 0 Å². The molecule has 2 nitrogen and oxygen atoms in total. The van der Waals surface area contributed by atoms with Crippen LogP contribution in [-0.2, 0) is 9.53 Å². The second-order valence-electron chi connectivity index (χ2n) is 6.50. The van der Waals surface area contributed by atoms with E-state index >= 15 is 0 Å². The molecule has 0 bridgehead atoms. The van der Waals surface area contributed by atoms with Gasteiger partial charge in [0.2, 0.25) is 0 Å². The zero-order chi connectivity index (χ0) is 17.7. The van der Waals surface area contributed by atoms with Crippen LogP contribution >= 0.6 is 0 Å². The van der Waals surface area contributed by atoms with E-state index in [1.165, 1.54) is 77.7 Å². The number of rotatable bonds is 16. The number of hydrogen-bond acceptors (Lipinski definition) is 2. The van der Waals surface area contributed by atoms with Gasteiger partial charge in [0, 0.05) is 19.3 Å². The van der Waals surface area contributed by atoms with Gasteiger partial charge in [-0.05, 0) is 32.1 Å². The molecule has 0 saturated carbocycles. The van der Waals surface area contributed by atoms with Gasteiger partial charge in [-0.2, -0.15) is 0 Å².